The van der Waals surface area contributed by atoms with Crippen LogP contribution in [-0.4, -0.2) is 48.5 Å². The molecular formula is C19H26N4OS. The Labute approximate surface area is 153 Å². The van der Waals surface area contributed by atoms with Crippen molar-refractivity contribution in [3.05, 3.63) is 40.4 Å². The molecule has 25 heavy (non-hydrogen) atoms. The maximum Gasteiger partial charge on any atom is 0.240 e. The zero-order valence-electron chi connectivity index (χ0n) is 15.2. The monoisotopic (exact) mass is 358 g/mol. The maximum atomic E-state index is 12.3. The molecule has 5 nitrogen and oxygen atoms in total. The number of anilines is 2. The van der Waals surface area contributed by atoms with Gasteiger partial charge in [-0.3, -0.25) is 9.69 Å². The molecule has 0 bridgehead atoms. The van der Waals surface area contributed by atoms with Crippen LogP contribution in [0.3, 0.4) is 0 Å². The molecule has 1 N–H and O–H groups in total. The standard InChI is InChI=1S/C19H26N4OS/c1-4-16-15(3)25-19(20-16)21-18(24)13-22-9-11-23(12-10-22)17-8-6-5-7-14(17)2/h5-8H,4,9-13H2,1-3H3,(H,20,21,24). The summed E-state index contributed by atoms with van der Waals surface area (Å²) in [7, 11) is 0. The van der Waals surface area contributed by atoms with E-state index >= 15 is 0 Å². The fraction of sp³-hybridized carbons (Fsp3) is 0.474. The summed E-state index contributed by atoms with van der Waals surface area (Å²) in [5.41, 5.74) is 3.68. The van der Waals surface area contributed by atoms with Crippen molar-refractivity contribution in [1.82, 2.24) is 9.88 Å². The van der Waals surface area contributed by atoms with Gasteiger partial charge >= 0.3 is 0 Å². The normalized spacial score (nSPS) is 15.4. The average Bonchev–Trinajstić information content (AvgIpc) is 2.95. The van der Waals surface area contributed by atoms with Gasteiger partial charge in [-0.15, -0.1) is 11.3 Å². The number of aryl methyl sites for hydroxylation is 3. The molecule has 2 aromatic rings. The van der Waals surface area contributed by atoms with E-state index in [-0.39, 0.29) is 5.91 Å². The Hall–Kier alpha value is -1.92. The van der Waals surface area contributed by atoms with Gasteiger partial charge in [0.25, 0.3) is 0 Å². The van der Waals surface area contributed by atoms with Gasteiger partial charge in [0.1, 0.15) is 0 Å². The van der Waals surface area contributed by atoms with Crippen molar-refractivity contribution in [2.24, 2.45) is 0 Å². The quantitative estimate of drug-likeness (QED) is 0.892. The molecule has 0 saturated carbocycles. The fourth-order valence-electron chi connectivity index (χ4n) is 3.24. The largest absolute Gasteiger partial charge is 0.369 e. The number of amides is 1. The van der Waals surface area contributed by atoms with Gasteiger partial charge in [0, 0.05) is 36.7 Å². The molecule has 0 radical (unpaired) electrons. The van der Waals surface area contributed by atoms with Gasteiger partial charge in [-0.2, -0.15) is 0 Å². The second-order valence-electron chi connectivity index (χ2n) is 6.47. The summed E-state index contributed by atoms with van der Waals surface area (Å²) in [4.78, 5) is 22.6. The van der Waals surface area contributed by atoms with Crippen molar-refractivity contribution >= 4 is 28.1 Å². The predicted molar refractivity (Wildman–Crippen MR) is 105 cm³/mol. The molecule has 2 heterocycles. The van der Waals surface area contributed by atoms with Crippen LogP contribution >= 0.6 is 11.3 Å². The lowest BCUT2D eigenvalue weighted by Crippen LogP contribution is -2.48. The minimum Gasteiger partial charge on any atom is -0.369 e. The lowest BCUT2D eigenvalue weighted by atomic mass is 10.1. The summed E-state index contributed by atoms with van der Waals surface area (Å²) < 4.78 is 0. The average molecular weight is 359 g/mol. The molecule has 1 amide bonds. The number of hydrogen-bond donors (Lipinski definition) is 1. The lowest BCUT2D eigenvalue weighted by Gasteiger charge is -2.36. The Morgan fingerprint density at radius 2 is 1.92 bits per heavy atom. The summed E-state index contributed by atoms with van der Waals surface area (Å²) >= 11 is 1.56. The lowest BCUT2D eigenvalue weighted by molar-refractivity contribution is -0.117. The first-order chi connectivity index (χ1) is 12.1. The van der Waals surface area contributed by atoms with Crippen molar-refractivity contribution in [3.8, 4) is 0 Å². The number of benzene rings is 1. The van der Waals surface area contributed by atoms with Crippen molar-refractivity contribution in [2.75, 3.05) is 42.9 Å². The number of hydrogen-bond acceptors (Lipinski definition) is 5. The first kappa shape index (κ1) is 17.9. The molecule has 1 aromatic heterocycles. The number of nitrogens with zero attached hydrogens (tertiary/aromatic N) is 3. The summed E-state index contributed by atoms with van der Waals surface area (Å²) in [6.45, 7) is 10.4. The maximum absolute atomic E-state index is 12.3. The number of thiazole rings is 1. The minimum absolute atomic E-state index is 0.0285. The van der Waals surface area contributed by atoms with Gasteiger partial charge in [0.15, 0.2) is 5.13 Å². The molecule has 1 aliphatic rings. The smallest absolute Gasteiger partial charge is 0.240 e. The highest BCUT2D eigenvalue weighted by atomic mass is 32.1. The van der Waals surface area contributed by atoms with Crippen LogP contribution in [0.5, 0.6) is 0 Å². The van der Waals surface area contributed by atoms with Crippen molar-refractivity contribution in [2.45, 2.75) is 27.2 Å². The summed E-state index contributed by atoms with van der Waals surface area (Å²) in [6, 6.07) is 8.48. The highest BCUT2D eigenvalue weighted by Gasteiger charge is 2.20. The van der Waals surface area contributed by atoms with E-state index in [9.17, 15) is 4.79 Å². The molecule has 1 aromatic carbocycles. The number of nitrogens with one attached hydrogen (secondary N) is 1. The van der Waals surface area contributed by atoms with E-state index in [1.54, 1.807) is 11.3 Å². The summed E-state index contributed by atoms with van der Waals surface area (Å²) in [5, 5.41) is 3.67. The van der Waals surface area contributed by atoms with Crippen LogP contribution in [-0.2, 0) is 11.2 Å². The number of para-hydroxylation sites is 1. The zero-order chi connectivity index (χ0) is 17.8. The van der Waals surface area contributed by atoms with E-state index in [1.165, 1.54) is 16.1 Å². The molecule has 3 rings (SSSR count). The first-order valence-electron chi connectivity index (χ1n) is 8.86. The van der Waals surface area contributed by atoms with Crippen molar-refractivity contribution in [3.63, 3.8) is 0 Å². The van der Waals surface area contributed by atoms with Crippen molar-refractivity contribution in [1.29, 1.82) is 0 Å². The van der Waals surface area contributed by atoms with Gasteiger partial charge in [-0.05, 0) is 31.9 Å². The number of aromatic nitrogens is 1. The third-order valence-electron chi connectivity index (χ3n) is 4.67. The van der Waals surface area contributed by atoms with E-state index in [0.29, 0.717) is 6.54 Å². The van der Waals surface area contributed by atoms with Crippen LogP contribution in [0.25, 0.3) is 0 Å². The molecule has 1 fully saturated rings. The van der Waals surface area contributed by atoms with Crippen LogP contribution in [0.4, 0.5) is 10.8 Å². The number of carbonyl (C=O) groups excluding carboxylic acids is 1. The Balaban J connectivity index is 1.50. The Morgan fingerprint density at radius 1 is 1.20 bits per heavy atom. The molecule has 1 saturated heterocycles. The molecule has 6 heteroatoms. The third-order valence-corrected chi connectivity index (χ3v) is 5.60. The highest BCUT2D eigenvalue weighted by molar-refractivity contribution is 7.15. The van der Waals surface area contributed by atoms with Crippen LogP contribution in [0, 0.1) is 13.8 Å². The van der Waals surface area contributed by atoms with E-state index in [1.807, 2.05) is 0 Å². The third kappa shape index (κ3) is 4.38. The van der Waals surface area contributed by atoms with Gasteiger partial charge in [0.2, 0.25) is 5.91 Å². The van der Waals surface area contributed by atoms with Crippen LogP contribution < -0.4 is 10.2 Å². The van der Waals surface area contributed by atoms with E-state index in [2.05, 4.69) is 65.1 Å². The van der Waals surface area contributed by atoms with Crippen molar-refractivity contribution < 1.29 is 4.79 Å². The van der Waals surface area contributed by atoms with Gasteiger partial charge in [-0.25, -0.2) is 4.98 Å². The molecular weight excluding hydrogens is 332 g/mol. The minimum atomic E-state index is 0.0285. The molecule has 0 spiro atoms. The van der Waals surface area contributed by atoms with Gasteiger partial charge in [-0.1, -0.05) is 25.1 Å². The first-order valence-corrected chi connectivity index (χ1v) is 9.67. The zero-order valence-corrected chi connectivity index (χ0v) is 16.0. The highest BCUT2D eigenvalue weighted by Crippen LogP contribution is 2.23. The number of piperazine rings is 1. The topological polar surface area (TPSA) is 48.5 Å². The Kier molecular flexibility index (Phi) is 5.71. The Bertz CT molecular complexity index is 735. The fourth-order valence-corrected chi connectivity index (χ4v) is 4.16. The van der Waals surface area contributed by atoms with Crippen LogP contribution in [0.15, 0.2) is 24.3 Å². The number of rotatable bonds is 5. The van der Waals surface area contributed by atoms with Crippen LogP contribution in [0.1, 0.15) is 23.1 Å². The second kappa shape index (κ2) is 7.97. The molecule has 0 unspecified atom stereocenters. The molecule has 0 aliphatic carbocycles. The van der Waals surface area contributed by atoms with Gasteiger partial charge in [0.05, 0.1) is 12.2 Å². The molecule has 0 atom stereocenters. The van der Waals surface area contributed by atoms with E-state index in [4.69, 9.17) is 0 Å². The van der Waals surface area contributed by atoms with Gasteiger partial charge < -0.3 is 10.2 Å². The van der Waals surface area contributed by atoms with E-state index < -0.39 is 0 Å². The molecule has 1 aliphatic heterocycles. The Morgan fingerprint density at radius 3 is 2.56 bits per heavy atom. The van der Waals surface area contributed by atoms with E-state index in [0.717, 1.165) is 43.4 Å². The summed E-state index contributed by atoms with van der Waals surface area (Å²) in [5.74, 6) is 0.0285. The second-order valence-corrected chi connectivity index (χ2v) is 7.68. The predicted octanol–water partition coefficient (Wildman–Crippen LogP) is 3.08. The SMILES string of the molecule is CCc1nc(NC(=O)CN2CCN(c3ccccc3C)CC2)sc1C. The number of carbonyl (C=O) groups is 1. The van der Waals surface area contributed by atoms with Crippen LogP contribution in [0.2, 0.25) is 0 Å². The summed E-state index contributed by atoms with van der Waals surface area (Å²) in [6.07, 6.45) is 0.902. The molecule has 134 valence electrons.